The summed E-state index contributed by atoms with van der Waals surface area (Å²) in [6, 6.07) is 10.3. The van der Waals surface area contributed by atoms with Crippen molar-refractivity contribution >= 4 is 12.0 Å². The van der Waals surface area contributed by atoms with E-state index >= 15 is 0 Å². The lowest BCUT2D eigenvalue weighted by molar-refractivity contribution is -0.138. The lowest BCUT2D eigenvalue weighted by Gasteiger charge is -2.36. The van der Waals surface area contributed by atoms with Crippen LogP contribution in [0.3, 0.4) is 0 Å². The number of piperidine rings is 1. The van der Waals surface area contributed by atoms with Crippen LogP contribution in [0.15, 0.2) is 42.7 Å². The minimum atomic E-state index is -4.46. The van der Waals surface area contributed by atoms with E-state index in [2.05, 4.69) is 27.0 Å². The molecule has 1 aromatic carbocycles. The van der Waals surface area contributed by atoms with E-state index in [0.29, 0.717) is 13.1 Å². The van der Waals surface area contributed by atoms with Crippen molar-refractivity contribution in [2.45, 2.75) is 50.2 Å². The monoisotopic (exact) mass is 461 g/mol. The fourth-order valence-electron chi connectivity index (χ4n) is 4.99. The molecule has 1 aromatic heterocycles. The molecule has 0 unspecified atom stereocenters. The van der Waals surface area contributed by atoms with Gasteiger partial charge in [-0.3, -0.25) is 4.90 Å². The molecule has 0 radical (unpaired) electrons. The Hall–Kier alpha value is -2.88. The zero-order valence-electron chi connectivity index (χ0n) is 18.1. The van der Waals surface area contributed by atoms with Crippen molar-refractivity contribution in [2.24, 2.45) is 0 Å². The molecule has 2 bridgehead atoms. The van der Waals surface area contributed by atoms with E-state index in [-0.39, 0.29) is 30.2 Å². The Balaban J connectivity index is 1.10. The largest absolute Gasteiger partial charge is 0.446 e. The first kappa shape index (κ1) is 21.9. The Morgan fingerprint density at radius 1 is 1.03 bits per heavy atom. The van der Waals surface area contributed by atoms with Crippen LogP contribution in [0, 0.1) is 0 Å². The number of carbonyl (C=O) groups excluding carboxylic acids is 1. The quantitative estimate of drug-likeness (QED) is 0.694. The van der Waals surface area contributed by atoms with Crippen LogP contribution in [0.4, 0.5) is 23.9 Å². The van der Waals surface area contributed by atoms with Crippen molar-refractivity contribution in [1.82, 2.24) is 19.8 Å². The number of amides is 1. The summed E-state index contributed by atoms with van der Waals surface area (Å²) < 4.78 is 44.0. The van der Waals surface area contributed by atoms with Gasteiger partial charge in [0.25, 0.3) is 0 Å². The fraction of sp³-hybridized carbons (Fsp3) is 0.522. The number of rotatable bonds is 4. The van der Waals surface area contributed by atoms with Crippen molar-refractivity contribution < 1.29 is 22.7 Å². The molecule has 3 saturated heterocycles. The van der Waals surface area contributed by atoms with Crippen LogP contribution in [-0.4, -0.2) is 70.2 Å². The van der Waals surface area contributed by atoms with Gasteiger partial charge >= 0.3 is 12.3 Å². The van der Waals surface area contributed by atoms with E-state index in [1.165, 1.54) is 5.56 Å². The minimum absolute atomic E-state index is 0.00740. The van der Waals surface area contributed by atoms with Gasteiger partial charge < -0.3 is 14.5 Å². The van der Waals surface area contributed by atoms with E-state index in [9.17, 15) is 18.0 Å². The van der Waals surface area contributed by atoms with Crippen LogP contribution in [0.1, 0.15) is 30.4 Å². The van der Waals surface area contributed by atoms with E-state index in [1.54, 1.807) is 4.90 Å². The number of hydrogen-bond donors (Lipinski definition) is 0. The second kappa shape index (κ2) is 8.81. The summed E-state index contributed by atoms with van der Waals surface area (Å²) in [4.78, 5) is 26.6. The lowest BCUT2D eigenvalue weighted by Crippen LogP contribution is -2.50. The highest BCUT2D eigenvalue weighted by Gasteiger charge is 2.47. The summed E-state index contributed by atoms with van der Waals surface area (Å²) in [6.07, 6.45) is -0.849. The third-order valence-corrected chi connectivity index (χ3v) is 6.75. The Morgan fingerprint density at radius 3 is 2.33 bits per heavy atom. The van der Waals surface area contributed by atoms with Gasteiger partial charge in [-0.05, 0) is 24.8 Å². The maximum absolute atomic E-state index is 12.8. The average molecular weight is 461 g/mol. The first-order valence-corrected chi connectivity index (χ1v) is 11.3. The summed E-state index contributed by atoms with van der Waals surface area (Å²) in [5.41, 5.74) is 0.415. The number of benzene rings is 1. The summed E-state index contributed by atoms with van der Waals surface area (Å²) in [5.74, 6) is 0.273. The zero-order valence-corrected chi connectivity index (χ0v) is 18.1. The number of ether oxygens (including phenoxy) is 1. The number of aromatic nitrogens is 2. The van der Waals surface area contributed by atoms with Gasteiger partial charge in [-0.2, -0.15) is 13.2 Å². The molecule has 5 rings (SSSR count). The van der Waals surface area contributed by atoms with Crippen molar-refractivity contribution in [3.05, 3.63) is 53.9 Å². The fourth-order valence-corrected chi connectivity index (χ4v) is 4.99. The van der Waals surface area contributed by atoms with E-state index in [1.807, 2.05) is 23.1 Å². The molecular weight excluding hydrogens is 435 g/mol. The molecule has 2 atom stereocenters. The number of likely N-dealkylation sites (tertiary alicyclic amines) is 2. The predicted octanol–water partition coefficient (Wildman–Crippen LogP) is 3.56. The number of nitrogens with zero attached hydrogens (tertiary/aromatic N) is 5. The minimum Gasteiger partial charge on any atom is -0.446 e. The molecule has 2 aromatic rings. The Kier molecular flexibility index (Phi) is 5.86. The first-order valence-electron chi connectivity index (χ1n) is 11.3. The number of alkyl halides is 3. The van der Waals surface area contributed by atoms with Crippen molar-refractivity contribution in [3.8, 4) is 0 Å². The highest BCUT2D eigenvalue weighted by Crippen LogP contribution is 2.35. The van der Waals surface area contributed by atoms with Gasteiger partial charge in [0.15, 0.2) is 0 Å². The molecule has 3 aliphatic rings. The van der Waals surface area contributed by atoms with Gasteiger partial charge in [-0.25, -0.2) is 14.8 Å². The molecule has 4 heterocycles. The van der Waals surface area contributed by atoms with Crippen LogP contribution in [-0.2, 0) is 17.5 Å². The maximum atomic E-state index is 12.8. The SMILES string of the molecule is O=C(OC1CCN(Cc2ccccc2)CC1)N1C[C@@H]2C[C@H]1CN2c1ncc(C(F)(F)F)cn1. The number of fused-ring (bicyclic) bond motifs is 2. The Bertz CT molecular complexity index is 964. The molecule has 3 fully saturated rings. The molecule has 0 N–H and O–H groups in total. The highest BCUT2D eigenvalue weighted by molar-refractivity contribution is 5.70. The van der Waals surface area contributed by atoms with Crippen molar-refractivity contribution in [1.29, 1.82) is 0 Å². The van der Waals surface area contributed by atoms with Gasteiger partial charge in [0, 0.05) is 45.1 Å². The molecule has 7 nitrogen and oxygen atoms in total. The van der Waals surface area contributed by atoms with Crippen molar-refractivity contribution in [2.75, 3.05) is 31.1 Å². The van der Waals surface area contributed by atoms with Crippen LogP contribution >= 0.6 is 0 Å². The van der Waals surface area contributed by atoms with Crippen LogP contribution in [0.25, 0.3) is 0 Å². The number of hydrogen-bond acceptors (Lipinski definition) is 6. The summed E-state index contributed by atoms with van der Waals surface area (Å²) in [5, 5.41) is 0. The molecule has 3 aliphatic heterocycles. The van der Waals surface area contributed by atoms with Crippen LogP contribution < -0.4 is 4.90 Å². The van der Waals surface area contributed by atoms with Gasteiger partial charge in [0.1, 0.15) is 6.10 Å². The molecule has 10 heteroatoms. The predicted molar refractivity (Wildman–Crippen MR) is 115 cm³/mol. The van der Waals surface area contributed by atoms with Gasteiger partial charge in [-0.15, -0.1) is 0 Å². The van der Waals surface area contributed by atoms with Crippen LogP contribution in [0.2, 0.25) is 0 Å². The van der Waals surface area contributed by atoms with Crippen molar-refractivity contribution in [3.63, 3.8) is 0 Å². The average Bonchev–Trinajstić information content (AvgIpc) is 3.42. The topological polar surface area (TPSA) is 61.8 Å². The molecule has 1 amide bonds. The third kappa shape index (κ3) is 4.75. The molecule has 176 valence electrons. The smallest absolute Gasteiger partial charge is 0.419 e. The standard InChI is InChI=1S/C23H26F3N5O2/c24-23(25,26)17-11-27-21(28-12-17)30-14-19-10-18(30)15-31(19)22(32)33-20-6-8-29(9-7-20)13-16-4-2-1-3-5-16/h1-5,11-12,18-20H,6-10,13-15H2/t18-,19-/m0/s1. The number of halogens is 3. The summed E-state index contributed by atoms with van der Waals surface area (Å²) in [6.45, 7) is 3.65. The number of anilines is 1. The summed E-state index contributed by atoms with van der Waals surface area (Å²) in [7, 11) is 0. The Labute approximate surface area is 190 Å². The normalized spacial score (nSPS) is 23.8. The molecule has 33 heavy (non-hydrogen) atoms. The van der Waals surface area contributed by atoms with Gasteiger partial charge in [-0.1, -0.05) is 30.3 Å². The third-order valence-electron chi connectivity index (χ3n) is 6.75. The molecule has 0 aliphatic carbocycles. The molecule has 0 spiro atoms. The second-order valence-corrected chi connectivity index (χ2v) is 8.96. The summed E-state index contributed by atoms with van der Waals surface area (Å²) >= 11 is 0. The maximum Gasteiger partial charge on any atom is 0.419 e. The van der Waals surface area contributed by atoms with Gasteiger partial charge in [0.2, 0.25) is 5.95 Å². The zero-order chi connectivity index (χ0) is 23.0. The van der Waals surface area contributed by atoms with Crippen LogP contribution in [0.5, 0.6) is 0 Å². The Morgan fingerprint density at radius 2 is 1.73 bits per heavy atom. The van der Waals surface area contributed by atoms with E-state index in [4.69, 9.17) is 4.74 Å². The second-order valence-electron chi connectivity index (χ2n) is 8.96. The molecular formula is C23H26F3N5O2. The number of carbonyl (C=O) groups is 1. The first-order chi connectivity index (χ1) is 15.9. The lowest BCUT2D eigenvalue weighted by atomic mass is 10.1. The van der Waals surface area contributed by atoms with E-state index < -0.39 is 11.7 Å². The number of piperazine rings is 1. The van der Waals surface area contributed by atoms with E-state index in [0.717, 1.165) is 51.3 Å². The highest BCUT2D eigenvalue weighted by atomic mass is 19.4. The van der Waals surface area contributed by atoms with Gasteiger partial charge in [0.05, 0.1) is 17.6 Å². The molecule has 0 saturated carbocycles.